The number of imidazole rings is 1. The smallest absolute Gasteiger partial charge is 0.255 e. The predicted octanol–water partition coefficient (Wildman–Crippen LogP) is 4.35. The number of fused-ring (bicyclic) bond motifs is 1. The number of carbonyl (C=O) groups is 2. The van der Waals surface area contributed by atoms with E-state index in [1.54, 1.807) is 24.4 Å². The maximum atomic E-state index is 12.9. The molecule has 2 N–H and O–H groups in total. The number of aromatic nitrogens is 2. The molecule has 1 aliphatic heterocycles. The Morgan fingerprint density at radius 1 is 0.944 bits per heavy atom. The number of benzene rings is 3. The van der Waals surface area contributed by atoms with E-state index in [0.29, 0.717) is 17.7 Å². The Labute approximate surface area is 210 Å². The number of aryl methyl sites for hydroxylation is 1. The highest BCUT2D eigenvalue weighted by atomic mass is 16.2. The molecule has 0 unspecified atom stereocenters. The minimum atomic E-state index is -0.169. The molecular formula is C29H29N5O2. The van der Waals surface area contributed by atoms with Crippen molar-refractivity contribution in [2.75, 3.05) is 18.9 Å². The molecule has 2 heterocycles. The van der Waals surface area contributed by atoms with Crippen LogP contribution in [-0.4, -0.2) is 39.9 Å². The Morgan fingerprint density at radius 3 is 2.56 bits per heavy atom. The quantitative estimate of drug-likeness (QED) is 0.431. The minimum Gasteiger partial charge on any atom is -0.348 e. The highest BCUT2D eigenvalue weighted by Gasteiger charge is 2.15. The van der Waals surface area contributed by atoms with Crippen molar-refractivity contribution in [2.45, 2.75) is 26.4 Å². The van der Waals surface area contributed by atoms with Crippen molar-refractivity contribution in [2.24, 2.45) is 0 Å². The van der Waals surface area contributed by atoms with Gasteiger partial charge in [0.05, 0.1) is 0 Å². The number of hydrogen-bond acceptors (Lipinski definition) is 4. The zero-order valence-corrected chi connectivity index (χ0v) is 20.5. The summed E-state index contributed by atoms with van der Waals surface area (Å²) in [6.45, 7) is 4.20. The lowest BCUT2D eigenvalue weighted by Crippen LogP contribution is -2.26. The molecule has 182 valence electrons. The third-order valence-electron chi connectivity index (χ3n) is 6.54. The van der Waals surface area contributed by atoms with E-state index >= 15 is 0 Å². The van der Waals surface area contributed by atoms with E-state index in [1.807, 2.05) is 54.1 Å². The molecule has 0 aliphatic carbocycles. The third-order valence-corrected chi connectivity index (χ3v) is 6.54. The predicted molar refractivity (Wildman–Crippen MR) is 140 cm³/mol. The molecular weight excluding hydrogens is 450 g/mol. The number of amides is 2. The SMILES string of the molecule is Cc1nccn1-c1ccc(C(=O)NCc2cccc(C(=O)Nc3ccc4c(c3)CN(C)CC4)c2)cc1. The zero-order valence-electron chi connectivity index (χ0n) is 20.5. The van der Waals surface area contributed by atoms with Gasteiger partial charge in [-0.3, -0.25) is 9.59 Å². The maximum Gasteiger partial charge on any atom is 0.255 e. The van der Waals surface area contributed by atoms with Crippen LogP contribution in [0, 0.1) is 6.92 Å². The van der Waals surface area contributed by atoms with Crippen molar-refractivity contribution >= 4 is 17.5 Å². The summed E-state index contributed by atoms with van der Waals surface area (Å²) < 4.78 is 1.96. The number of carbonyl (C=O) groups excluding carboxylic acids is 2. The van der Waals surface area contributed by atoms with E-state index in [-0.39, 0.29) is 11.8 Å². The first-order chi connectivity index (χ1) is 17.5. The van der Waals surface area contributed by atoms with Crippen molar-refractivity contribution in [3.63, 3.8) is 0 Å². The lowest BCUT2D eigenvalue weighted by atomic mass is 9.99. The average Bonchev–Trinajstić information content (AvgIpc) is 3.33. The molecule has 0 bridgehead atoms. The summed E-state index contributed by atoms with van der Waals surface area (Å²) in [5, 5.41) is 5.95. The highest BCUT2D eigenvalue weighted by Crippen LogP contribution is 2.22. The Morgan fingerprint density at radius 2 is 1.78 bits per heavy atom. The third kappa shape index (κ3) is 5.21. The summed E-state index contributed by atoms with van der Waals surface area (Å²) in [5.41, 5.74) is 6.32. The number of nitrogens with one attached hydrogen (secondary N) is 2. The summed E-state index contributed by atoms with van der Waals surface area (Å²) in [7, 11) is 2.11. The summed E-state index contributed by atoms with van der Waals surface area (Å²) in [6, 6.07) is 20.8. The van der Waals surface area contributed by atoms with Crippen molar-refractivity contribution in [3.05, 3.63) is 113 Å². The molecule has 7 heteroatoms. The van der Waals surface area contributed by atoms with E-state index in [9.17, 15) is 9.59 Å². The number of hydrogen-bond donors (Lipinski definition) is 2. The standard InChI is InChI=1S/C29H29N5O2/c1-20-30-13-15-34(20)27-10-7-23(8-11-27)28(35)31-18-21-4-3-5-24(16-21)29(36)32-26-9-6-22-12-14-33(2)19-25(22)17-26/h3-11,13,15-17H,12,14,18-19H2,1-2H3,(H,31,35)(H,32,36). The van der Waals surface area contributed by atoms with E-state index in [2.05, 4.69) is 39.7 Å². The van der Waals surface area contributed by atoms with Crippen LogP contribution >= 0.6 is 0 Å². The van der Waals surface area contributed by atoms with Crippen LogP contribution in [0.1, 0.15) is 43.2 Å². The van der Waals surface area contributed by atoms with Gasteiger partial charge in [0.1, 0.15) is 5.82 Å². The van der Waals surface area contributed by atoms with Gasteiger partial charge in [0.25, 0.3) is 11.8 Å². The molecule has 3 aromatic carbocycles. The van der Waals surface area contributed by atoms with Crippen LogP contribution in [0.2, 0.25) is 0 Å². The van der Waals surface area contributed by atoms with E-state index in [1.165, 1.54) is 11.1 Å². The Kier molecular flexibility index (Phi) is 6.64. The van der Waals surface area contributed by atoms with Crippen molar-refractivity contribution < 1.29 is 9.59 Å². The molecule has 0 fully saturated rings. The van der Waals surface area contributed by atoms with Gasteiger partial charge in [-0.15, -0.1) is 0 Å². The zero-order chi connectivity index (χ0) is 25.1. The molecule has 4 aromatic rings. The lowest BCUT2D eigenvalue weighted by molar-refractivity contribution is 0.0950. The number of likely N-dealkylation sites (N-methyl/N-ethyl adjacent to an activating group) is 1. The molecule has 5 rings (SSSR count). The molecule has 0 atom stereocenters. The second-order valence-corrected chi connectivity index (χ2v) is 9.20. The van der Waals surface area contributed by atoms with Crippen LogP contribution in [0.4, 0.5) is 5.69 Å². The molecule has 0 saturated heterocycles. The number of rotatable bonds is 6. The first-order valence-corrected chi connectivity index (χ1v) is 12.1. The number of nitrogens with zero attached hydrogens (tertiary/aromatic N) is 3. The number of anilines is 1. The fourth-order valence-electron chi connectivity index (χ4n) is 4.51. The van der Waals surface area contributed by atoms with Gasteiger partial charge in [-0.1, -0.05) is 18.2 Å². The van der Waals surface area contributed by atoms with Gasteiger partial charge in [-0.25, -0.2) is 4.98 Å². The van der Waals surface area contributed by atoms with Crippen LogP contribution in [-0.2, 0) is 19.5 Å². The van der Waals surface area contributed by atoms with Gasteiger partial charge in [-0.2, -0.15) is 0 Å². The molecule has 7 nitrogen and oxygen atoms in total. The Balaban J connectivity index is 1.20. The average molecular weight is 480 g/mol. The fraction of sp³-hybridized carbons (Fsp3) is 0.207. The second kappa shape index (κ2) is 10.2. The minimum absolute atomic E-state index is 0.169. The van der Waals surface area contributed by atoms with E-state index in [4.69, 9.17) is 0 Å². The molecule has 2 amide bonds. The summed E-state index contributed by atoms with van der Waals surface area (Å²) >= 11 is 0. The first-order valence-electron chi connectivity index (χ1n) is 12.1. The Hall–Kier alpha value is -4.23. The van der Waals surface area contributed by atoms with Gasteiger partial charge in [0, 0.05) is 54.5 Å². The van der Waals surface area contributed by atoms with Crippen LogP contribution in [0.5, 0.6) is 0 Å². The summed E-state index contributed by atoms with van der Waals surface area (Å²) in [4.78, 5) is 32.1. The fourth-order valence-corrected chi connectivity index (χ4v) is 4.51. The molecule has 0 radical (unpaired) electrons. The van der Waals surface area contributed by atoms with E-state index < -0.39 is 0 Å². The van der Waals surface area contributed by atoms with E-state index in [0.717, 1.165) is 42.3 Å². The molecule has 0 saturated carbocycles. The largest absolute Gasteiger partial charge is 0.348 e. The van der Waals surface area contributed by atoms with Gasteiger partial charge >= 0.3 is 0 Å². The topological polar surface area (TPSA) is 79.3 Å². The molecule has 36 heavy (non-hydrogen) atoms. The normalized spacial score (nSPS) is 13.2. The maximum absolute atomic E-state index is 12.9. The Bertz CT molecular complexity index is 1410. The molecule has 1 aliphatic rings. The van der Waals surface area contributed by atoms with Crippen molar-refractivity contribution in [1.29, 1.82) is 0 Å². The van der Waals surface area contributed by atoms with Crippen LogP contribution in [0.3, 0.4) is 0 Å². The second-order valence-electron chi connectivity index (χ2n) is 9.20. The molecule has 0 spiro atoms. The van der Waals surface area contributed by atoms with Gasteiger partial charge in [-0.05, 0) is 85.6 Å². The lowest BCUT2D eigenvalue weighted by Gasteiger charge is -2.25. The van der Waals surface area contributed by atoms with Crippen LogP contribution in [0.25, 0.3) is 5.69 Å². The van der Waals surface area contributed by atoms with Crippen molar-refractivity contribution in [3.8, 4) is 5.69 Å². The van der Waals surface area contributed by atoms with Crippen molar-refractivity contribution in [1.82, 2.24) is 19.8 Å². The summed E-state index contributed by atoms with van der Waals surface area (Å²) in [5.74, 6) is 0.547. The summed E-state index contributed by atoms with van der Waals surface area (Å²) in [6.07, 6.45) is 4.66. The van der Waals surface area contributed by atoms with Gasteiger partial charge in [0.2, 0.25) is 0 Å². The van der Waals surface area contributed by atoms with Crippen LogP contribution < -0.4 is 10.6 Å². The highest BCUT2D eigenvalue weighted by molar-refractivity contribution is 6.04. The van der Waals surface area contributed by atoms with Gasteiger partial charge < -0.3 is 20.1 Å². The first kappa shape index (κ1) is 23.5. The van der Waals surface area contributed by atoms with Gasteiger partial charge in [0.15, 0.2) is 0 Å². The monoisotopic (exact) mass is 479 g/mol. The molecule has 1 aromatic heterocycles. The van der Waals surface area contributed by atoms with Crippen LogP contribution in [0.15, 0.2) is 79.1 Å².